The van der Waals surface area contributed by atoms with Crippen molar-refractivity contribution in [1.82, 2.24) is 5.32 Å². The van der Waals surface area contributed by atoms with Crippen molar-refractivity contribution in [2.75, 3.05) is 13.7 Å². The second kappa shape index (κ2) is 9.83. The summed E-state index contributed by atoms with van der Waals surface area (Å²) in [7, 11) is 1.76. The summed E-state index contributed by atoms with van der Waals surface area (Å²) in [6.45, 7) is 10.2. The molecule has 0 fully saturated rings. The van der Waals surface area contributed by atoms with E-state index >= 15 is 0 Å². The van der Waals surface area contributed by atoms with Crippen LogP contribution in [0.4, 0.5) is 0 Å². The summed E-state index contributed by atoms with van der Waals surface area (Å²) < 4.78 is 5.50. The SMILES string of the molecule is CCCC(C)CC(CNC(C)C)Cc1ccccc1OC. The molecule has 21 heavy (non-hydrogen) atoms. The Kier molecular flexibility index (Phi) is 8.44. The fourth-order valence-corrected chi connectivity index (χ4v) is 3.00. The lowest BCUT2D eigenvalue weighted by molar-refractivity contribution is 0.340. The zero-order valence-electron chi connectivity index (χ0n) is 14.5. The number of nitrogens with one attached hydrogen (secondary N) is 1. The Morgan fingerprint density at radius 1 is 1.14 bits per heavy atom. The molecule has 120 valence electrons. The van der Waals surface area contributed by atoms with E-state index in [0.717, 1.165) is 24.6 Å². The molecule has 1 aromatic rings. The molecule has 0 heterocycles. The average molecular weight is 291 g/mol. The molecule has 2 heteroatoms. The highest BCUT2D eigenvalue weighted by Crippen LogP contribution is 2.25. The maximum atomic E-state index is 5.50. The molecule has 2 nitrogen and oxygen atoms in total. The van der Waals surface area contributed by atoms with Crippen molar-refractivity contribution in [3.05, 3.63) is 29.8 Å². The van der Waals surface area contributed by atoms with E-state index in [9.17, 15) is 0 Å². The van der Waals surface area contributed by atoms with E-state index in [4.69, 9.17) is 4.74 Å². The fraction of sp³-hybridized carbons (Fsp3) is 0.684. The lowest BCUT2D eigenvalue weighted by Crippen LogP contribution is -2.31. The van der Waals surface area contributed by atoms with Gasteiger partial charge in [0.1, 0.15) is 5.75 Å². The highest BCUT2D eigenvalue weighted by atomic mass is 16.5. The Labute approximate surface area is 131 Å². The molecule has 0 aromatic heterocycles. The van der Waals surface area contributed by atoms with E-state index in [1.54, 1.807) is 7.11 Å². The van der Waals surface area contributed by atoms with Crippen molar-refractivity contribution in [1.29, 1.82) is 0 Å². The van der Waals surface area contributed by atoms with Gasteiger partial charge in [0.2, 0.25) is 0 Å². The van der Waals surface area contributed by atoms with E-state index < -0.39 is 0 Å². The van der Waals surface area contributed by atoms with Crippen LogP contribution < -0.4 is 10.1 Å². The van der Waals surface area contributed by atoms with Crippen LogP contribution in [0.2, 0.25) is 0 Å². The lowest BCUT2D eigenvalue weighted by atomic mass is 9.87. The average Bonchev–Trinajstić information content (AvgIpc) is 2.45. The summed E-state index contributed by atoms with van der Waals surface area (Å²) in [6.07, 6.45) is 4.98. The Hall–Kier alpha value is -1.02. The number of benzene rings is 1. The molecule has 0 saturated heterocycles. The van der Waals surface area contributed by atoms with Gasteiger partial charge in [-0.25, -0.2) is 0 Å². The van der Waals surface area contributed by atoms with Crippen LogP contribution in [0.3, 0.4) is 0 Å². The van der Waals surface area contributed by atoms with Crippen molar-refractivity contribution in [3.63, 3.8) is 0 Å². The number of ether oxygens (including phenoxy) is 1. The summed E-state index contributed by atoms with van der Waals surface area (Å²) in [6, 6.07) is 8.97. The third kappa shape index (κ3) is 6.99. The van der Waals surface area contributed by atoms with Crippen molar-refractivity contribution in [2.45, 2.75) is 59.4 Å². The lowest BCUT2D eigenvalue weighted by Gasteiger charge is -2.23. The number of rotatable bonds is 10. The van der Waals surface area contributed by atoms with Gasteiger partial charge in [0, 0.05) is 6.04 Å². The van der Waals surface area contributed by atoms with Gasteiger partial charge in [0.25, 0.3) is 0 Å². The van der Waals surface area contributed by atoms with Crippen molar-refractivity contribution in [3.8, 4) is 5.75 Å². The molecule has 1 aromatic carbocycles. The summed E-state index contributed by atoms with van der Waals surface area (Å²) in [4.78, 5) is 0. The number of hydrogen-bond donors (Lipinski definition) is 1. The van der Waals surface area contributed by atoms with Gasteiger partial charge < -0.3 is 10.1 Å². The fourth-order valence-electron chi connectivity index (χ4n) is 3.00. The molecule has 0 spiro atoms. The van der Waals surface area contributed by atoms with Gasteiger partial charge in [-0.3, -0.25) is 0 Å². The molecule has 0 saturated carbocycles. The second-order valence-corrected chi connectivity index (χ2v) is 6.57. The molecule has 2 unspecified atom stereocenters. The molecule has 0 aliphatic rings. The van der Waals surface area contributed by atoms with E-state index in [-0.39, 0.29) is 0 Å². The zero-order chi connectivity index (χ0) is 15.7. The molecule has 1 N–H and O–H groups in total. The van der Waals surface area contributed by atoms with Crippen LogP contribution in [-0.4, -0.2) is 19.7 Å². The van der Waals surface area contributed by atoms with Crippen LogP contribution in [0.15, 0.2) is 24.3 Å². The molecular weight excluding hydrogens is 258 g/mol. The van der Waals surface area contributed by atoms with Gasteiger partial charge >= 0.3 is 0 Å². The van der Waals surface area contributed by atoms with Crippen molar-refractivity contribution < 1.29 is 4.74 Å². The Bertz CT molecular complexity index is 389. The first-order valence-corrected chi connectivity index (χ1v) is 8.42. The predicted molar refractivity (Wildman–Crippen MR) is 92.0 cm³/mol. The minimum atomic E-state index is 0.548. The highest BCUT2D eigenvalue weighted by Gasteiger charge is 2.16. The smallest absolute Gasteiger partial charge is 0.122 e. The van der Waals surface area contributed by atoms with E-state index in [1.165, 1.54) is 24.8 Å². The summed E-state index contributed by atoms with van der Waals surface area (Å²) >= 11 is 0. The maximum absolute atomic E-state index is 5.50. The number of methoxy groups -OCH3 is 1. The first kappa shape index (κ1) is 18.0. The van der Waals surface area contributed by atoms with E-state index in [0.29, 0.717) is 12.0 Å². The Balaban J connectivity index is 2.70. The maximum Gasteiger partial charge on any atom is 0.122 e. The van der Waals surface area contributed by atoms with Crippen molar-refractivity contribution >= 4 is 0 Å². The topological polar surface area (TPSA) is 21.3 Å². The number of hydrogen-bond acceptors (Lipinski definition) is 2. The predicted octanol–water partition coefficient (Wildman–Crippen LogP) is 4.68. The van der Waals surface area contributed by atoms with E-state index in [2.05, 4.69) is 51.2 Å². The molecule has 0 bridgehead atoms. The van der Waals surface area contributed by atoms with Crippen LogP contribution in [0.25, 0.3) is 0 Å². The molecule has 0 aliphatic heterocycles. The normalized spacial score (nSPS) is 14.2. The van der Waals surface area contributed by atoms with Gasteiger partial charge in [-0.15, -0.1) is 0 Å². The van der Waals surface area contributed by atoms with Crippen LogP contribution in [0, 0.1) is 11.8 Å². The number of para-hydroxylation sites is 1. The molecule has 0 aliphatic carbocycles. The van der Waals surface area contributed by atoms with Crippen molar-refractivity contribution in [2.24, 2.45) is 11.8 Å². The monoisotopic (exact) mass is 291 g/mol. The molecule has 2 atom stereocenters. The summed E-state index contributed by atoms with van der Waals surface area (Å²) in [5.41, 5.74) is 1.33. The second-order valence-electron chi connectivity index (χ2n) is 6.57. The molecule has 0 amide bonds. The third-order valence-electron chi connectivity index (χ3n) is 4.03. The van der Waals surface area contributed by atoms with Gasteiger partial charge in [-0.1, -0.05) is 58.7 Å². The van der Waals surface area contributed by atoms with Crippen LogP contribution in [-0.2, 0) is 6.42 Å². The molecule has 1 rings (SSSR count). The first-order valence-electron chi connectivity index (χ1n) is 8.42. The Morgan fingerprint density at radius 2 is 1.86 bits per heavy atom. The summed E-state index contributed by atoms with van der Waals surface area (Å²) in [5.74, 6) is 2.49. The summed E-state index contributed by atoms with van der Waals surface area (Å²) in [5, 5.41) is 3.61. The highest BCUT2D eigenvalue weighted by molar-refractivity contribution is 5.33. The Morgan fingerprint density at radius 3 is 2.48 bits per heavy atom. The van der Waals surface area contributed by atoms with Crippen LogP contribution in [0.1, 0.15) is 52.5 Å². The standard InChI is InChI=1S/C19H33NO/c1-6-9-16(4)12-17(14-20-15(2)3)13-18-10-7-8-11-19(18)21-5/h7-8,10-11,15-17,20H,6,9,12-14H2,1-5H3. The van der Waals surface area contributed by atoms with Gasteiger partial charge in [0.05, 0.1) is 7.11 Å². The molecular formula is C19H33NO. The zero-order valence-corrected chi connectivity index (χ0v) is 14.5. The van der Waals surface area contributed by atoms with Gasteiger partial charge in [0.15, 0.2) is 0 Å². The first-order chi connectivity index (χ1) is 10.1. The quantitative estimate of drug-likeness (QED) is 0.676. The van der Waals surface area contributed by atoms with Gasteiger partial charge in [-0.05, 0) is 42.9 Å². The molecule has 0 radical (unpaired) electrons. The minimum absolute atomic E-state index is 0.548. The van der Waals surface area contributed by atoms with Gasteiger partial charge in [-0.2, -0.15) is 0 Å². The van der Waals surface area contributed by atoms with Crippen LogP contribution >= 0.6 is 0 Å². The largest absolute Gasteiger partial charge is 0.496 e. The third-order valence-corrected chi connectivity index (χ3v) is 4.03. The van der Waals surface area contributed by atoms with E-state index in [1.807, 2.05) is 6.07 Å². The van der Waals surface area contributed by atoms with Crippen LogP contribution in [0.5, 0.6) is 5.75 Å². The minimum Gasteiger partial charge on any atom is -0.496 e.